The van der Waals surface area contributed by atoms with Crippen LogP contribution in [0.1, 0.15) is 37.8 Å². The summed E-state index contributed by atoms with van der Waals surface area (Å²) in [6.07, 6.45) is 2.84. The average Bonchev–Trinajstić information content (AvgIpc) is 2.92. The zero-order valence-electron chi connectivity index (χ0n) is 12.6. The number of carbonyl (C=O) groups excluding carboxylic acids is 1. The molecule has 3 N–H and O–H groups in total. The molecule has 120 valence electrons. The molecule has 0 spiro atoms. The van der Waals surface area contributed by atoms with E-state index in [1.165, 1.54) is 0 Å². The molecule has 1 amide bonds. The summed E-state index contributed by atoms with van der Waals surface area (Å²) in [4.78, 5) is 12.4. The maximum absolute atomic E-state index is 12.4. The number of nitrogens with one attached hydrogen (secondary N) is 1. The monoisotopic (exact) mass is 368 g/mol. The predicted octanol–water partition coefficient (Wildman–Crippen LogP) is 2.52. The Morgan fingerprint density at radius 3 is 2.64 bits per heavy atom. The van der Waals surface area contributed by atoms with Crippen molar-refractivity contribution in [1.82, 2.24) is 5.32 Å². The lowest BCUT2D eigenvalue weighted by Gasteiger charge is -2.24. The van der Waals surface area contributed by atoms with E-state index in [4.69, 9.17) is 15.2 Å². The Hall–Kier alpha value is -1.27. The Morgan fingerprint density at radius 1 is 1.32 bits per heavy atom. The van der Waals surface area contributed by atoms with Gasteiger partial charge in [-0.25, -0.2) is 0 Å². The van der Waals surface area contributed by atoms with Crippen molar-refractivity contribution in [1.29, 1.82) is 0 Å². The van der Waals surface area contributed by atoms with E-state index in [0.29, 0.717) is 13.2 Å². The van der Waals surface area contributed by atoms with Crippen molar-refractivity contribution in [2.24, 2.45) is 11.7 Å². The first-order valence-corrected chi connectivity index (χ1v) is 8.50. The van der Waals surface area contributed by atoms with Crippen LogP contribution in [0.5, 0.6) is 11.5 Å². The fourth-order valence-corrected chi connectivity index (χ4v) is 3.79. The summed E-state index contributed by atoms with van der Waals surface area (Å²) in [6, 6.07) is 3.69. The highest BCUT2D eigenvalue weighted by Gasteiger charge is 2.31. The van der Waals surface area contributed by atoms with Gasteiger partial charge >= 0.3 is 0 Å². The number of halogens is 1. The molecule has 1 heterocycles. The van der Waals surface area contributed by atoms with Crippen LogP contribution in [0.2, 0.25) is 0 Å². The van der Waals surface area contributed by atoms with Gasteiger partial charge < -0.3 is 20.5 Å². The number of nitrogens with two attached hydrogens (primary N) is 1. The highest BCUT2D eigenvalue weighted by Crippen LogP contribution is 2.38. The van der Waals surface area contributed by atoms with E-state index in [0.717, 1.165) is 40.8 Å². The second-order valence-electron chi connectivity index (χ2n) is 5.95. The van der Waals surface area contributed by atoms with Crippen molar-refractivity contribution < 1.29 is 14.3 Å². The zero-order chi connectivity index (χ0) is 15.7. The van der Waals surface area contributed by atoms with Crippen molar-refractivity contribution in [3.8, 4) is 11.5 Å². The number of hydrogen-bond acceptors (Lipinski definition) is 4. The molecule has 1 aliphatic carbocycles. The quantitative estimate of drug-likeness (QED) is 0.859. The Morgan fingerprint density at radius 2 is 2.00 bits per heavy atom. The third kappa shape index (κ3) is 3.08. The molecular weight excluding hydrogens is 348 g/mol. The minimum Gasteiger partial charge on any atom is -0.486 e. The summed E-state index contributed by atoms with van der Waals surface area (Å²) in [5, 5.41) is 3.07. The molecule has 0 bridgehead atoms. The summed E-state index contributed by atoms with van der Waals surface area (Å²) >= 11 is 3.55. The summed E-state index contributed by atoms with van der Waals surface area (Å²) < 4.78 is 12.1. The molecule has 1 aliphatic heterocycles. The fourth-order valence-electron chi connectivity index (χ4n) is 3.12. The molecule has 3 rings (SSSR count). The van der Waals surface area contributed by atoms with Crippen LogP contribution in [0.25, 0.3) is 0 Å². The topological polar surface area (TPSA) is 73.6 Å². The highest BCUT2D eigenvalue weighted by atomic mass is 79.9. The number of hydrogen-bond donors (Lipinski definition) is 2. The van der Waals surface area contributed by atoms with Gasteiger partial charge in [0.25, 0.3) is 0 Å². The molecule has 22 heavy (non-hydrogen) atoms. The average molecular weight is 369 g/mol. The largest absolute Gasteiger partial charge is 0.486 e. The van der Waals surface area contributed by atoms with Gasteiger partial charge in [-0.1, -0.05) is 22.4 Å². The molecule has 0 radical (unpaired) electrons. The van der Waals surface area contributed by atoms with E-state index in [9.17, 15) is 4.79 Å². The van der Waals surface area contributed by atoms with Gasteiger partial charge in [-0.3, -0.25) is 4.79 Å². The molecule has 0 aromatic heterocycles. The molecule has 1 aromatic rings. The Kier molecular flexibility index (Phi) is 4.59. The maximum Gasteiger partial charge on any atom is 0.225 e. The Labute approximate surface area is 138 Å². The molecule has 6 heteroatoms. The van der Waals surface area contributed by atoms with E-state index in [-0.39, 0.29) is 23.9 Å². The number of carbonyl (C=O) groups is 1. The van der Waals surface area contributed by atoms with Crippen molar-refractivity contribution in [3.63, 3.8) is 0 Å². The lowest BCUT2D eigenvalue weighted by atomic mass is 10.0. The Balaban J connectivity index is 1.74. The lowest BCUT2D eigenvalue weighted by Crippen LogP contribution is -2.39. The minimum atomic E-state index is -0.120. The second-order valence-corrected chi connectivity index (χ2v) is 6.80. The van der Waals surface area contributed by atoms with Crippen molar-refractivity contribution in [2.75, 3.05) is 13.2 Å². The molecule has 3 atom stereocenters. The molecule has 0 unspecified atom stereocenters. The first-order chi connectivity index (χ1) is 10.6. The van der Waals surface area contributed by atoms with Crippen molar-refractivity contribution in [3.05, 3.63) is 22.2 Å². The first-order valence-electron chi connectivity index (χ1n) is 7.71. The smallest absolute Gasteiger partial charge is 0.225 e. The van der Waals surface area contributed by atoms with Gasteiger partial charge in [-0.05, 0) is 37.5 Å². The number of fused-ring (bicyclic) bond motifs is 1. The first kappa shape index (κ1) is 15.6. The van der Waals surface area contributed by atoms with Crippen LogP contribution in [0.15, 0.2) is 16.6 Å². The van der Waals surface area contributed by atoms with Crippen LogP contribution in [0, 0.1) is 5.92 Å². The van der Waals surface area contributed by atoms with Gasteiger partial charge in [0, 0.05) is 10.5 Å². The molecule has 5 nitrogen and oxygen atoms in total. The second kappa shape index (κ2) is 6.46. The molecule has 2 aliphatic rings. The molecule has 0 saturated heterocycles. The van der Waals surface area contributed by atoms with E-state index in [1.807, 2.05) is 19.1 Å². The van der Waals surface area contributed by atoms with Gasteiger partial charge in [-0.2, -0.15) is 0 Å². The molecule has 1 saturated carbocycles. The van der Waals surface area contributed by atoms with Crippen LogP contribution < -0.4 is 20.5 Å². The van der Waals surface area contributed by atoms with Gasteiger partial charge in [0.15, 0.2) is 11.5 Å². The van der Waals surface area contributed by atoms with Crippen LogP contribution in [0.4, 0.5) is 0 Å². The SMILES string of the molecule is C[C@H](NC(=O)[C@H]1CCC[C@@H]1N)c1cc2c(cc1Br)OCCO2. The summed E-state index contributed by atoms with van der Waals surface area (Å²) in [5.74, 6) is 1.43. The Bertz CT molecular complexity index is 579. The zero-order valence-corrected chi connectivity index (χ0v) is 14.2. The maximum atomic E-state index is 12.4. The van der Waals surface area contributed by atoms with Crippen LogP contribution in [-0.2, 0) is 4.79 Å². The van der Waals surface area contributed by atoms with Crippen LogP contribution >= 0.6 is 15.9 Å². The number of rotatable bonds is 3. The van der Waals surface area contributed by atoms with Crippen LogP contribution in [0.3, 0.4) is 0 Å². The van der Waals surface area contributed by atoms with Crippen molar-refractivity contribution in [2.45, 2.75) is 38.3 Å². The lowest BCUT2D eigenvalue weighted by molar-refractivity contribution is -0.125. The van der Waals surface area contributed by atoms with E-state index < -0.39 is 0 Å². The standard InChI is InChI=1S/C16H21BrN2O3/c1-9(19-16(20)10-3-2-4-13(10)18)11-7-14-15(8-12(11)17)22-6-5-21-14/h7-10,13H,2-6,18H2,1H3,(H,19,20)/t9-,10-,13-/m0/s1. The van der Waals surface area contributed by atoms with E-state index in [2.05, 4.69) is 21.2 Å². The third-order valence-corrected chi connectivity index (χ3v) is 5.08. The number of benzene rings is 1. The summed E-state index contributed by atoms with van der Waals surface area (Å²) in [6.45, 7) is 3.07. The highest BCUT2D eigenvalue weighted by molar-refractivity contribution is 9.10. The normalized spacial score (nSPS) is 24.9. The predicted molar refractivity (Wildman–Crippen MR) is 87.0 cm³/mol. The minimum absolute atomic E-state index is 0.0177. The fraction of sp³-hybridized carbons (Fsp3) is 0.562. The third-order valence-electron chi connectivity index (χ3n) is 4.39. The molecular formula is C16H21BrN2O3. The van der Waals surface area contributed by atoms with Crippen molar-refractivity contribution >= 4 is 21.8 Å². The summed E-state index contributed by atoms with van der Waals surface area (Å²) in [5.41, 5.74) is 6.98. The number of ether oxygens (including phenoxy) is 2. The van der Waals surface area contributed by atoms with Gasteiger partial charge in [0.2, 0.25) is 5.91 Å². The van der Waals surface area contributed by atoms with Crippen LogP contribution in [-0.4, -0.2) is 25.2 Å². The number of amides is 1. The summed E-state index contributed by atoms with van der Waals surface area (Å²) in [7, 11) is 0. The van der Waals surface area contributed by atoms with Gasteiger partial charge in [-0.15, -0.1) is 0 Å². The van der Waals surface area contributed by atoms with E-state index in [1.54, 1.807) is 0 Å². The van der Waals surface area contributed by atoms with Gasteiger partial charge in [0.1, 0.15) is 13.2 Å². The van der Waals surface area contributed by atoms with E-state index >= 15 is 0 Å². The van der Waals surface area contributed by atoms with Gasteiger partial charge in [0.05, 0.1) is 12.0 Å². The molecule has 1 aromatic carbocycles. The molecule has 1 fully saturated rings.